The molecular formula is C12H14N2S. The fourth-order valence-electron chi connectivity index (χ4n) is 2.24. The average Bonchev–Trinajstić information content (AvgIpc) is 2.52. The van der Waals surface area contributed by atoms with Crippen molar-refractivity contribution >= 4 is 21.6 Å². The summed E-state index contributed by atoms with van der Waals surface area (Å²) in [5.74, 6) is 0.687. The minimum Gasteiger partial charge on any atom is -0.328 e. The number of nitrogens with two attached hydrogens (primary N) is 1. The van der Waals surface area contributed by atoms with Gasteiger partial charge in [-0.3, -0.25) is 0 Å². The Morgan fingerprint density at radius 1 is 1.40 bits per heavy atom. The number of benzene rings is 1. The molecule has 0 unspecified atom stereocenters. The van der Waals surface area contributed by atoms with Gasteiger partial charge in [0, 0.05) is 6.04 Å². The molecule has 0 aliphatic heterocycles. The van der Waals surface area contributed by atoms with Crippen molar-refractivity contribution in [2.45, 2.75) is 31.7 Å². The molecule has 1 aliphatic carbocycles. The maximum absolute atomic E-state index is 5.81. The summed E-state index contributed by atoms with van der Waals surface area (Å²) < 4.78 is 1.31. The Bertz CT molecular complexity index is 497. The van der Waals surface area contributed by atoms with E-state index < -0.39 is 0 Å². The molecule has 0 spiro atoms. The molecule has 0 radical (unpaired) electrons. The summed E-state index contributed by atoms with van der Waals surface area (Å²) in [5, 5.41) is 1.15. The Morgan fingerprint density at radius 3 is 2.93 bits per heavy atom. The van der Waals surface area contributed by atoms with Crippen LogP contribution in [0.4, 0.5) is 0 Å². The van der Waals surface area contributed by atoms with Crippen molar-refractivity contribution in [2.75, 3.05) is 0 Å². The summed E-state index contributed by atoms with van der Waals surface area (Å²) in [5.41, 5.74) is 8.38. The van der Waals surface area contributed by atoms with Gasteiger partial charge in [0.05, 0.1) is 15.2 Å². The maximum Gasteiger partial charge on any atom is 0.0907 e. The fraction of sp³-hybridized carbons (Fsp3) is 0.417. The summed E-state index contributed by atoms with van der Waals surface area (Å²) in [4.78, 5) is 4.47. The minimum atomic E-state index is 0.425. The van der Waals surface area contributed by atoms with Crippen molar-refractivity contribution in [3.05, 3.63) is 28.8 Å². The Kier molecular flexibility index (Phi) is 2.04. The number of rotatable bonds is 1. The standard InChI is InChI=1S/C12H14N2S/c1-7-14-11-3-2-8(6-12(11)15-7)9-4-10(13)5-9/h2-3,6,9-10H,4-5,13H2,1H3. The van der Waals surface area contributed by atoms with Crippen LogP contribution in [-0.2, 0) is 0 Å². The van der Waals surface area contributed by atoms with E-state index in [9.17, 15) is 0 Å². The molecule has 1 fully saturated rings. The van der Waals surface area contributed by atoms with Crippen LogP contribution in [0.15, 0.2) is 18.2 Å². The molecule has 0 saturated heterocycles. The van der Waals surface area contributed by atoms with Crippen molar-refractivity contribution in [1.82, 2.24) is 4.98 Å². The third-order valence-electron chi connectivity index (χ3n) is 3.17. The predicted molar refractivity (Wildman–Crippen MR) is 64.3 cm³/mol. The highest BCUT2D eigenvalue weighted by Gasteiger charge is 2.27. The van der Waals surface area contributed by atoms with Crippen LogP contribution in [0.2, 0.25) is 0 Å². The Morgan fingerprint density at radius 2 is 2.20 bits per heavy atom. The number of nitrogens with zero attached hydrogens (tertiary/aromatic N) is 1. The highest BCUT2D eigenvalue weighted by atomic mass is 32.1. The van der Waals surface area contributed by atoms with Crippen LogP contribution in [0, 0.1) is 6.92 Å². The largest absolute Gasteiger partial charge is 0.328 e. The van der Waals surface area contributed by atoms with Crippen molar-refractivity contribution in [1.29, 1.82) is 0 Å². The van der Waals surface area contributed by atoms with Crippen molar-refractivity contribution < 1.29 is 0 Å². The van der Waals surface area contributed by atoms with Crippen LogP contribution in [0.25, 0.3) is 10.2 Å². The second-order valence-electron chi connectivity index (χ2n) is 4.39. The zero-order valence-electron chi connectivity index (χ0n) is 8.73. The number of hydrogen-bond acceptors (Lipinski definition) is 3. The van der Waals surface area contributed by atoms with E-state index in [2.05, 4.69) is 30.1 Å². The molecule has 0 atom stereocenters. The zero-order chi connectivity index (χ0) is 10.4. The Labute approximate surface area is 93.1 Å². The van der Waals surface area contributed by atoms with E-state index in [1.807, 2.05) is 0 Å². The second kappa shape index (κ2) is 3.29. The lowest BCUT2D eigenvalue weighted by Gasteiger charge is -2.32. The Hall–Kier alpha value is -0.930. The van der Waals surface area contributed by atoms with Crippen LogP contribution >= 0.6 is 11.3 Å². The van der Waals surface area contributed by atoms with Gasteiger partial charge in [-0.25, -0.2) is 4.98 Å². The molecule has 1 heterocycles. The molecule has 15 heavy (non-hydrogen) atoms. The summed E-state index contributed by atoms with van der Waals surface area (Å²) >= 11 is 1.78. The molecule has 2 nitrogen and oxygen atoms in total. The molecule has 1 aromatic carbocycles. The second-order valence-corrected chi connectivity index (χ2v) is 5.62. The molecule has 0 amide bonds. The third-order valence-corrected chi connectivity index (χ3v) is 4.10. The van der Waals surface area contributed by atoms with Gasteiger partial charge in [0.2, 0.25) is 0 Å². The molecule has 2 aromatic rings. The summed E-state index contributed by atoms with van der Waals surface area (Å²) in [6, 6.07) is 7.06. The Balaban J connectivity index is 1.99. The lowest BCUT2D eigenvalue weighted by atomic mass is 9.76. The van der Waals surface area contributed by atoms with Crippen LogP contribution in [0.1, 0.15) is 29.3 Å². The zero-order valence-corrected chi connectivity index (χ0v) is 9.55. The number of thiazole rings is 1. The van der Waals surface area contributed by atoms with Crippen LogP contribution in [-0.4, -0.2) is 11.0 Å². The molecule has 0 bridgehead atoms. The number of aromatic nitrogens is 1. The highest BCUT2D eigenvalue weighted by Crippen LogP contribution is 2.37. The quantitative estimate of drug-likeness (QED) is 0.799. The van der Waals surface area contributed by atoms with Gasteiger partial charge in [-0.2, -0.15) is 0 Å². The monoisotopic (exact) mass is 218 g/mol. The number of hydrogen-bond donors (Lipinski definition) is 1. The van der Waals surface area contributed by atoms with Crippen molar-refractivity contribution in [3.8, 4) is 0 Å². The topological polar surface area (TPSA) is 38.9 Å². The first-order valence-electron chi connectivity index (χ1n) is 5.35. The van der Waals surface area contributed by atoms with E-state index in [1.165, 1.54) is 10.3 Å². The van der Waals surface area contributed by atoms with E-state index in [-0.39, 0.29) is 0 Å². The maximum atomic E-state index is 5.81. The minimum absolute atomic E-state index is 0.425. The van der Waals surface area contributed by atoms with Gasteiger partial charge in [-0.1, -0.05) is 6.07 Å². The SMILES string of the molecule is Cc1nc2ccc(C3CC(N)C3)cc2s1. The predicted octanol–water partition coefficient (Wildman–Crippen LogP) is 2.81. The molecule has 1 aromatic heterocycles. The summed E-state index contributed by atoms with van der Waals surface area (Å²) in [7, 11) is 0. The smallest absolute Gasteiger partial charge is 0.0907 e. The van der Waals surface area contributed by atoms with E-state index in [0.29, 0.717) is 12.0 Å². The summed E-state index contributed by atoms with van der Waals surface area (Å²) in [6.45, 7) is 2.06. The molecule has 1 saturated carbocycles. The normalized spacial score (nSPS) is 25.5. The van der Waals surface area contributed by atoms with Gasteiger partial charge >= 0.3 is 0 Å². The van der Waals surface area contributed by atoms with Crippen LogP contribution in [0.5, 0.6) is 0 Å². The first-order chi connectivity index (χ1) is 7.22. The fourth-order valence-corrected chi connectivity index (χ4v) is 3.12. The van der Waals surface area contributed by atoms with E-state index >= 15 is 0 Å². The van der Waals surface area contributed by atoms with Gasteiger partial charge in [-0.05, 0) is 43.4 Å². The van der Waals surface area contributed by atoms with Gasteiger partial charge in [0.1, 0.15) is 0 Å². The van der Waals surface area contributed by atoms with Gasteiger partial charge in [-0.15, -0.1) is 11.3 Å². The van der Waals surface area contributed by atoms with Gasteiger partial charge in [0.15, 0.2) is 0 Å². The molecule has 78 valence electrons. The molecule has 3 heteroatoms. The lowest BCUT2D eigenvalue weighted by Crippen LogP contribution is -2.34. The highest BCUT2D eigenvalue weighted by molar-refractivity contribution is 7.18. The molecule has 3 rings (SSSR count). The lowest BCUT2D eigenvalue weighted by molar-refractivity contribution is 0.352. The number of fused-ring (bicyclic) bond motifs is 1. The van der Waals surface area contributed by atoms with Crippen LogP contribution < -0.4 is 5.73 Å². The number of aryl methyl sites for hydroxylation is 1. The van der Waals surface area contributed by atoms with E-state index in [4.69, 9.17) is 5.73 Å². The van der Waals surface area contributed by atoms with Gasteiger partial charge < -0.3 is 5.73 Å². The average molecular weight is 218 g/mol. The third kappa shape index (κ3) is 1.56. The van der Waals surface area contributed by atoms with E-state index in [0.717, 1.165) is 23.4 Å². The molecule has 1 aliphatic rings. The molecule has 2 N–H and O–H groups in total. The van der Waals surface area contributed by atoms with Gasteiger partial charge in [0.25, 0.3) is 0 Å². The first-order valence-corrected chi connectivity index (χ1v) is 6.16. The van der Waals surface area contributed by atoms with Crippen molar-refractivity contribution in [2.24, 2.45) is 5.73 Å². The van der Waals surface area contributed by atoms with Crippen LogP contribution in [0.3, 0.4) is 0 Å². The van der Waals surface area contributed by atoms with E-state index in [1.54, 1.807) is 11.3 Å². The first kappa shape index (κ1) is 9.31. The van der Waals surface area contributed by atoms with Crippen molar-refractivity contribution in [3.63, 3.8) is 0 Å². The molecular weight excluding hydrogens is 204 g/mol. The summed E-state index contributed by atoms with van der Waals surface area (Å²) in [6.07, 6.45) is 2.28.